The first kappa shape index (κ1) is 24.4. The number of carbonyl (C=O) groups is 2. The van der Waals surface area contributed by atoms with Crippen molar-refractivity contribution in [2.45, 2.75) is 38.2 Å². The summed E-state index contributed by atoms with van der Waals surface area (Å²) in [6.45, 7) is 3.79. The van der Waals surface area contributed by atoms with Crippen LogP contribution in [0.5, 0.6) is 0 Å². The van der Waals surface area contributed by atoms with Crippen LogP contribution in [-0.2, 0) is 22.0 Å². The number of hydrogen-bond donors (Lipinski definition) is 2. The molecule has 5 rings (SSSR count). The van der Waals surface area contributed by atoms with Crippen LogP contribution in [-0.4, -0.2) is 26.9 Å². The fourth-order valence-electron chi connectivity index (χ4n) is 4.06. The van der Waals surface area contributed by atoms with E-state index in [2.05, 4.69) is 22.3 Å². The molecule has 1 unspecified atom stereocenters. The first-order valence-electron chi connectivity index (χ1n) is 11.2. The van der Waals surface area contributed by atoms with Crippen LogP contribution in [0, 0.1) is 18.8 Å². The molecular weight excluding hydrogens is 518 g/mol. The Kier molecular flexibility index (Phi) is 6.29. The van der Waals surface area contributed by atoms with Gasteiger partial charge in [0.2, 0.25) is 0 Å². The van der Waals surface area contributed by atoms with Crippen molar-refractivity contribution < 1.29 is 19.4 Å². The predicted octanol–water partition coefficient (Wildman–Crippen LogP) is 6.48. The summed E-state index contributed by atoms with van der Waals surface area (Å²) in [6, 6.07) is 9.67. The fourth-order valence-corrected chi connectivity index (χ4v) is 7.01. The van der Waals surface area contributed by atoms with E-state index in [9.17, 15) is 14.7 Å². The first-order chi connectivity index (χ1) is 17.2. The van der Waals surface area contributed by atoms with Gasteiger partial charge in [0.25, 0.3) is 0 Å². The Bertz CT molecular complexity index is 1570. The van der Waals surface area contributed by atoms with Gasteiger partial charge >= 0.3 is 12.1 Å². The third-order valence-electron chi connectivity index (χ3n) is 6.32. The molecule has 3 aromatic heterocycles. The van der Waals surface area contributed by atoms with Crippen LogP contribution in [0.4, 0.5) is 10.6 Å². The minimum atomic E-state index is -0.782. The van der Waals surface area contributed by atoms with Gasteiger partial charge in [-0.05, 0) is 49.8 Å². The largest absolute Gasteiger partial charge is 0.481 e. The second-order valence-electron chi connectivity index (χ2n) is 8.75. The zero-order valence-corrected chi connectivity index (χ0v) is 22.1. The molecule has 1 atom stereocenters. The number of nitrogens with zero attached hydrogens (tertiary/aromatic N) is 2. The predicted molar refractivity (Wildman–Crippen MR) is 142 cm³/mol. The molecule has 2 N–H and O–H groups in total. The lowest BCUT2D eigenvalue weighted by molar-refractivity contribution is -0.139. The third kappa shape index (κ3) is 4.37. The van der Waals surface area contributed by atoms with Gasteiger partial charge < -0.3 is 9.84 Å². The van der Waals surface area contributed by atoms with E-state index in [-0.39, 0.29) is 0 Å². The normalized spacial score (nSPS) is 14.7. The number of nitrogens with one attached hydrogen (secondary N) is 1. The highest BCUT2D eigenvalue weighted by Crippen LogP contribution is 2.54. The van der Waals surface area contributed by atoms with Crippen molar-refractivity contribution in [3.8, 4) is 11.8 Å². The van der Waals surface area contributed by atoms with Gasteiger partial charge in [0, 0.05) is 16.6 Å². The van der Waals surface area contributed by atoms with Crippen molar-refractivity contribution in [1.29, 1.82) is 0 Å². The van der Waals surface area contributed by atoms with Crippen LogP contribution in [0.25, 0.3) is 9.40 Å². The maximum atomic E-state index is 12.6. The first-order valence-corrected chi connectivity index (χ1v) is 13.2. The minimum Gasteiger partial charge on any atom is -0.481 e. The molecule has 1 saturated carbocycles. The Balaban J connectivity index is 1.34. The molecule has 0 saturated heterocycles. The van der Waals surface area contributed by atoms with E-state index in [1.807, 2.05) is 44.2 Å². The molecule has 7 nitrogen and oxygen atoms in total. The molecule has 0 bridgehead atoms. The van der Waals surface area contributed by atoms with E-state index in [0.717, 1.165) is 25.4 Å². The molecule has 1 aliphatic carbocycles. The fraction of sp³-hybridized carbons (Fsp3) is 0.269. The summed E-state index contributed by atoms with van der Waals surface area (Å²) in [5.74, 6) is 5.77. The van der Waals surface area contributed by atoms with Gasteiger partial charge in [0.15, 0.2) is 0 Å². The lowest BCUT2D eigenvalue weighted by Gasteiger charge is -2.16. The van der Waals surface area contributed by atoms with Crippen LogP contribution in [0.3, 0.4) is 0 Å². The highest BCUT2D eigenvalue weighted by atomic mass is 35.5. The highest BCUT2D eigenvalue weighted by molar-refractivity contribution is 7.29. The van der Waals surface area contributed by atoms with Gasteiger partial charge in [-0.1, -0.05) is 41.8 Å². The molecule has 1 aromatic carbocycles. The summed E-state index contributed by atoms with van der Waals surface area (Å²) in [7, 11) is 1.71. The van der Waals surface area contributed by atoms with E-state index in [1.54, 1.807) is 13.2 Å². The van der Waals surface area contributed by atoms with Gasteiger partial charge in [0.1, 0.15) is 17.3 Å². The van der Waals surface area contributed by atoms with Crippen LogP contribution < -0.4 is 5.32 Å². The molecule has 4 aromatic rings. The summed E-state index contributed by atoms with van der Waals surface area (Å²) in [5.41, 5.74) is 1.75. The molecule has 0 aliphatic heterocycles. The van der Waals surface area contributed by atoms with E-state index < -0.39 is 23.6 Å². The topological polar surface area (TPSA) is 93.4 Å². The molecular formula is C26H22ClN3O4S2. The SMILES string of the molecule is Cc1ccccc1C(C)OC(=O)Nc1c(C#Cc2sc3cc(C4(C(=O)O)CC4)sc3c2Cl)cnn1C. The maximum absolute atomic E-state index is 12.6. The number of ether oxygens (including phenoxy) is 1. The number of aliphatic carboxylic acids is 1. The Morgan fingerprint density at radius 3 is 2.69 bits per heavy atom. The summed E-state index contributed by atoms with van der Waals surface area (Å²) < 4.78 is 8.87. The molecule has 184 valence electrons. The van der Waals surface area contributed by atoms with E-state index in [4.69, 9.17) is 16.3 Å². The number of rotatable bonds is 5. The molecule has 10 heteroatoms. The summed E-state index contributed by atoms with van der Waals surface area (Å²) in [4.78, 5) is 25.8. The third-order valence-corrected chi connectivity index (χ3v) is 9.46. The van der Waals surface area contributed by atoms with Gasteiger partial charge in [0.05, 0.1) is 26.4 Å². The number of aryl methyl sites for hydroxylation is 2. The molecule has 3 heterocycles. The zero-order chi connectivity index (χ0) is 25.6. The van der Waals surface area contributed by atoms with E-state index in [0.29, 0.717) is 34.1 Å². The smallest absolute Gasteiger partial charge is 0.413 e. The highest BCUT2D eigenvalue weighted by Gasteiger charge is 2.53. The second-order valence-corrected chi connectivity index (χ2v) is 11.2. The Hall–Kier alpha value is -3.32. The number of anilines is 1. The average molecular weight is 540 g/mol. The van der Waals surface area contributed by atoms with Crippen LogP contribution in [0.2, 0.25) is 5.02 Å². The Labute approximate surface area is 220 Å². The van der Waals surface area contributed by atoms with Gasteiger partial charge in [-0.25, -0.2) is 4.79 Å². The molecule has 0 radical (unpaired) electrons. The van der Waals surface area contributed by atoms with Crippen LogP contribution >= 0.6 is 34.3 Å². The van der Waals surface area contributed by atoms with Crippen LogP contribution in [0.1, 0.15) is 52.3 Å². The van der Waals surface area contributed by atoms with Crippen molar-refractivity contribution in [1.82, 2.24) is 9.78 Å². The van der Waals surface area contributed by atoms with Crippen molar-refractivity contribution >= 4 is 61.6 Å². The number of thiophene rings is 2. The number of halogens is 1. The number of hydrogen-bond acceptors (Lipinski definition) is 6. The van der Waals surface area contributed by atoms with Crippen molar-refractivity contribution in [2.75, 3.05) is 5.32 Å². The quantitative estimate of drug-likeness (QED) is 0.283. The number of amides is 1. The van der Waals surface area contributed by atoms with E-state index in [1.165, 1.54) is 27.4 Å². The number of aromatic nitrogens is 2. The standard InChI is InChI=1S/C26H22ClN3O4S2/c1-14-6-4-5-7-17(14)15(2)34-25(33)29-23-16(13-28-30(23)3)8-9-18-21(27)22-19(35-18)12-20(36-22)26(10-11-26)24(31)32/h4-7,12-13,15H,10-11H2,1-3H3,(H,29,33)(H,31,32). The molecule has 1 fully saturated rings. The van der Waals surface area contributed by atoms with Gasteiger partial charge in [-0.15, -0.1) is 22.7 Å². The molecule has 1 aliphatic rings. The molecule has 0 spiro atoms. The van der Waals surface area contributed by atoms with E-state index >= 15 is 0 Å². The number of carboxylic acid groups (broad SMARTS) is 1. The number of carbonyl (C=O) groups excluding carboxylic acids is 1. The second kappa shape index (κ2) is 9.28. The monoisotopic (exact) mass is 539 g/mol. The summed E-state index contributed by atoms with van der Waals surface area (Å²) in [6.07, 6.45) is 1.85. The average Bonchev–Trinajstić information content (AvgIpc) is 3.33. The van der Waals surface area contributed by atoms with Crippen molar-refractivity contribution in [3.05, 3.63) is 68.0 Å². The minimum absolute atomic E-state index is 0.415. The van der Waals surface area contributed by atoms with Gasteiger partial charge in [-0.3, -0.25) is 14.8 Å². The zero-order valence-electron chi connectivity index (χ0n) is 19.7. The molecule has 36 heavy (non-hydrogen) atoms. The number of fused-ring (bicyclic) bond motifs is 1. The number of benzene rings is 1. The van der Waals surface area contributed by atoms with Gasteiger partial charge in [-0.2, -0.15) is 5.10 Å². The number of carboxylic acids is 1. The lowest BCUT2D eigenvalue weighted by atomic mass is 10.1. The van der Waals surface area contributed by atoms with Crippen LogP contribution in [0.15, 0.2) is 36.5 Å². The Morgan fingerprint density at radius 2 is 2.03 bits per heavy atom. The summed E-state index contributed by atoms with van der Waals surface area (Å²) in [5, 5.41) is 17.0. The molecule has 1 amide bonds. The van der Waals surface area contributed by atoms with Crippen molar-refractivity contribution in [2.24, 2.45) is 7.05 Å². The summed E-state index contributed by atoms with van der Waals surface area (Å²) >= 11 is 9.46. The van der Waals surface area contributed by atoms with Crippen molar-refractivity contribution in [3.63, 3.8) is 0 Å². The Morgan fingerprint density at radius 1 is 1.28 bits per heavy atom. The lowest BCUT2D eigenvalue weighted by Crippen LogP contribution is -2.18. The maximum Gasteiger partial charge on any atom is 0.413 e.